The number of Topliss-reactive ketones (excluding diaryl/α,β-unsaturated/α-hetero) is 1. The summed E-state index contributed by atoms with van der Waals surface area (Å²) in [6.07, 6.45) is 0.818. The molecule has 154 valence electrons. The third kappa shape index (κ3) is 3.99. The number of allylic oxidation sites excluding steroid dienone is 1. The molecule has 0 saturated carbocycles. The largest absolute Gasteiger partial charge is 0.497 e. The maximum absolute atomic E-state index is 13.0. The van der Waals surface area contributed by atoms with Gasteiger partial charge in [0.05, 0.1) is 13.0 Å². The van der Waals surface area contributed by atoms with Crippen LogP contribution in [0.4, 0.5) is 5.69 Å². The molecule has 1 aliphatic carbocycles. The highest BCUT2D eigenvalue weighted by Crippen LogP contribution is 2.39. The average molecular weight is 404 g/mol. The zero-order chi connectivity index (χ0) is 21.3. The Kier molecular flexibility index (Phi) is 5.40. The number of benzene rings is 2. The summed E-state index contributed by atoms with van der Waals surface area (Å²) >= 11 is 0. The van der Waals surface area contributed by atoms with E-state index in [1.54, 1.807) is 13.2 Å². The Hall–Kier alpha value is -3.41. The van der Waals surface area contributed by atoms with Crippen LogP contribution in [-0.2, 0) is 14.4 Å². The standard InChI is InChI=1S/C24H24N2O4/c1-14-4-3-5-17(10-14)25-24(29)19-13-22(28)26-20-11-16(12-21(27)23(19)20)15-6-8-18(30-2)9-7-15/h3-10,16,19H,11-13H2,1-2H3,(H,25,29)(H,26,28)/t16-,19-/m1/s1. The number of nitrogens with one attached hydrogen (secondary N) is 2. The molecule has 0 radical (unpaired) electrons. The molecule has 0 spiro atoms. The first-order valence-electron chi connectivity index (χ1n) is 10.0. The number of hydrogen-bond donors (Lipinski definition) is 2. The van der Waals surface area contributed by atoms with Gasteiger partial charge in [-0.05, 0) is 54.7 Å². The first-order chi connectivity index (χ1) is 14.4. The monoisotopic (exact) mass is 404 g/mol. The van der Waals surface area contributed by atoms with Gasteiger partial charge in [-0.25, -0.2) is 0 Å². The number of amides is 2. The number of ether oxygens (including phenoxy) is 1. The van der Waals surface area contributed by atoms with E-state index >= 15 is 0 Å². The third-order valence-electron chi connectivity index (χ3n) is 5.73. The molecular weight excluding hydrogens is 380 g/mol. The van der Waals surface area contributed by atoms with Crippen molar-refractivity contribution in [2.45, 2.75) is 32.1 Å². The fourth-order valence-corrected chi connectivity index (χ4v) is 4.25. The number of aryl methyl sites for hydroxylation is 1. The number of hydrogen-bond acceptors (Lipinski definition) is 4. The van der Waals surface area contributed by atoms with Gasteiger partial charge in [0.15, 0.2) is 5.78 Å². The highest BCUT2D eigenvalue weighted by Gasteiger charge is 2.40. The van der Waals surface area contributed by atoms with Crippen LogP contribution in [0.5, 0.6) is 5.75 Å². The zero-order valence-electron chi connectivity index (χ0n) is 17.0. The van der Waals surface area contributed by atoms with Crippen molar-refractivity contribution in [3.05, 3.63) is 70.9 Å². The Labute approximate surface area is 175 Å². The highest BCUT2D eigenvalue weighted by atomic mass is 16.5. The van der Waals surface area contributed by atoms with E-state index in [2.05, 4.69) is 10.6 Å². The van der Waals surface area contributed by atoms with Crippen molar-refractivity contribution in [3.63, 3.8) is 0 Å². The number of ketones is 1. The van der Waals surface area contributed by atoms with Crippen LogP contribution in [0.3, 0.4) is 0 Å². The summed E-state index contributed by atoms with van der Waals surface area (Å²) in [5.74, 6) is -0.693. The molecular formula is C24H24N2O4. The summed E-state index contributed by atoms with van der Waals surface area (Å²) < 4.78 is 5.20. The van der Waals surface area contributed by atoms with Crippen molar-refractivity contribution in [2.24, 2.45) is 5.92 Å². The first kappa shape index (κ1) is 19.9. The summed E-state index contributed by atoms with van der Waals surface area (Å²) in [5, 5.41) is 5.71. The van der Waals surface area contributed by atoms with Gasteiger partial charge in [-0.3, -0.25) is 14.4 Å². The van der Waals surface area contributed by atoms with Crippen molar-refractivity contribution in [1.29, 1.82) is 0 Å². The van der Waals surface area contributed by atoms with Gasteiger partial charge in [-0.15, -0.1) is 0 Å². The molecule has 0 saturated heterocycles. The number of anilines is 1. The van der Waals surface area contributed by atoms with Crippen LogP contribution in [0, 0.1) is 12.8 Å². The molecule has 4 rings (SSSR count). The van der Waals surface area contributed by atoms with Gasteiger partial charge in [0, 0.05) is 29.8 Å². The molecule has 2 aliphatic rings. The number of rotatable bonds is 4. The maximum atomic E-state index is 13.0. The van der Waals surface area contributed by atoms with Gasteiger partial charge in [0.1, 0.15) is 5.75 Å². The number of methoxy groups -OCH3 is 1. The van der Waals surface area contributed by atoms with E-state index in [0.29, 0.717) is 29.8 Å². The molecule has 2 amide bonds. The summed E-state index contributed by atoms with van der Waals surface area (Å²) in [6, 6.07) is 15.1. The SMILES string of the molecule is COc1ccc([C@H]2CC(=O)C3=C(C2)NC(=O)C[C@H]3C(=O)Nc2cccc(C)c2)cc1. The molecule has 1 heterocycles. The van der Waals surface area contributed by atoms with Crippen molar-refractivity contribution in [3.8, 4) is 5.75 Å². The lowest BCUT2D eigenvalue weighted by Crippen LogP contribution is -2.43. The molecule has 30 heavy (non-hydrogen) atoms. The fourth-order valence-electron chi connectivity index (χ4n) is 4.25. The molecule has 2 atom stereocenters. The number of carbonyl (C=O) groups excluding carboxylic acids is 3. The lowest BCUT2D eigenvalue weighted by Gasteiger charge is -2.33. The van der Waals surface area contributed by atoms with Crippen molar-refractivity contribution < 1.29 is 19.1 Å². The predicted octanol–water partition coefficient (Wildman–Crippen LogP) is 3.48. The second-order valence-electron chi connectivity index (χ2n) is 7.86. The molecule has 0 aromatic heterocycles. The van der Waals surface area contributed by atoms with E-state index in [1.807, 2.05) is 49.4 Å². The Morgan fingerprint density at radius 3 is 2.53 bits per heavy atom. The molecule has 6 heteroatoms. The van der Waals surface area contributed by atoms with Crippen LogP contribution in [0.1, 0.15) is 36.3 Å². The van der Waals surface area contributed by atoms with Crippen LogP contribution in [-0.4, -0.2) is 24.7 Å². The molecule has 6 nitrogen and oxygen atoms in total. The quantitative estimate of drug-likeness (QED) is 0.817. The minimum Gasteiger partial charge on any atom is -0.497 e. The summed E-state index contributed by atoms with van der Waals surface area (Å²) in [6.45, 7) is 1.94. The molecule has 2 N–H and O–H groups in total. The molecule has 0 bridgehead atoms. The molecule has 2 aromatic carbocycles. The van der Waals surface area contributed by atoms with Crippen LogP contribution >= 0.6 is 0 Å². The van der Waals surface area contributed by atoms with Crippen LogP contribution in [0.25, 0.3) is 0 Å². The maximum Gasteiger partial charge on any atom is 0.232 e. The summed E-state index contributed by atoms with van der Waals surface area (Å²) in [7, 11) is 1.61. The molecule has 0 fully saturated rings. The van der Waals surface area contributed by atoms with Crippen LogP contribution in [0.2, 0.25) is 0 Å². The smallest absolute Gasteiger partial charge is 0.232 e. The van der Waals surface area contributed by atoms with Gasteiger partial charge >= 0.3 is 0 Å². The van der Waals surface area contributed by atoms with Crippen LogP contribution in [0.15, 0.2) is 59.8 Å². The van der Waals surface area contributed by atoms with Gasteiger partial charge in [-0.2, -0.15) is 0 Å². The van der Waals surface area contributed by atoms with Crippen molar-refractivity contribution in [2.75, 3.05) is 12.4 Å². The van der Waals surface area contributed by atoms with Crippen molar-refractivity contribution in [1.82, 2.24) is 5.32 Å². The third-order valence-corrected chi connectivity index (χ3v) is 5.73. The zero-order valence-corrected chi connectivity index (χ0v) is 17.0. The Bertz CT molecular complexity index is 1040. The fraction of sp³-hybridized carbons (Fsp3) is 0.292. The van der Waals surface area contributed by atoms with Crippen LogP contribution < -0.4 is 15.4 Å². The van der Waals surface area contributed by atoms with Gasteiger partial charge in [0.2, 0.25) is 11.8 Å². The predicted molar refractivity (Wildman–Crippen MR) is 113 cm³/mol. The second-order valence-corrected chi connectivity index (χ2v) is 7.86. The summed E-state index contributed by atoms with van der Waals surface area (Å²) in [5.41, 5.74) is 3.71. The Morgan fingerprint density at radius 2 is 1.83 bits per heavy atom. The minimum atomic E-state index is -0.765. The van der Waals surface area contributed by atoms with Crippen molar-refractivity contribution >= 4 is 23.3 Å². The van der Waals surface area contributed by atoms with Gasteiger partial charge in [0.25, 0.3) is 0 Å². The van der Waals surface area contributed by atoms with E-state index in [0.717, 1.165) is 16.9 Å². The number of carbonyl (C=O) groups is 3. The van der Waals surface area contributed by atoms with E-state index in [-0.39, 0.29) is 29.9 Å². The van der Waals surface area contributed by atoms with E-state index < -0.39 is 5.92 Å². The van der Waals surface area contributed by atoms with E-state index in [9.17, 15) is 14.4 Å². The molecule has 0 unspecified atom stereocenters. The molecule has 2 aromatic rings. The Morgan fingerprint density at radius 1 is 1.07 bits per heavy atom. The normalized spacial score (nSPS) is 21.0. The molecule has 1 aliphatic heterocycles. The van der Waals surface area contributed by atoms with E-state index in [1.165, 1.54) is 0 Å². The van der Waals surface area contributed by atoms with E-state index in [4.69, 9.17) is 4.74 Å². The summed E-state index contributed by atoms with van der Waals surface area (Å²) in [4.78, 5) is 38.3. The first-order valence-corrected chi connectivity index (χ1v) is 10.0. The topological polar surface area (TPSA) is 84.5 Å². The minimum absolute atomic E-state index is 0.0184. The highest BCUT2D eigenvalue weighted by molar-refractivity contribution is 6.09. The lowest BCUT2D eigenvalue weighted by atomic mass is 9.75. The Balaban J connectivity index is 1.59. The second kappa shape index (κ2) is 8.14. The van der Waals surface area contributed by atoms with Gasteiger partial charge < -0.3 is 15.4 Å². The average Bonchev–Trinajstić information content (AvgIpc) is 2.72. The lowest BCUT2D eigenvalue weighted by molar-refractivity contribution is -0.129. The van der Waals surface area contributed by atoms with Gasteiger partial charge in [-0.1, -0.05) is 24.3 Å².